The van der Waals surface area contributed by atoms with Gasteiger partial charge in [0.25, 0.3) is 5.89 Å². The van der Waals surface area contributed by atoms with E-state index in [-0.39, 0.29) is 23.3 Å². The summed E-state index contributed by atoms with van der Waals surface area (Å²) in [5, 5.41) is 5.44. The summed E-state index contributed by atoms with van der Waals surface area (Å²) < 4.78 is 15.7. The van der Waals surface area contributed by atoms with Crippen molar-refractivity contribution in [1.82, 2.24) is 20.5 Å². The molecular weight excluding hydrogens is 556 g/mol. The fourth-order valence-electron chi connectivity index (χ4n) is 4.94. The smallest absolute Gasteiger partial charge is 0.413 e. The number of carbonyl (C=O) groups is 5. The van der Waals surface area contributed by atoms with E-state index in [1.807, 2.05) is 0 Å². The minimum Gasteiger partial charge on any atom is -0.465 e. The number of methoxy groups -OCH3 is 1. The molecule has 228 valence electrons. The topological polar surface area (TPSA) is 157 Å². The van der Waals surface area contributed by atoms with Crippen molar-refractivity contribution in [3.8, 4) is 5.75 Å². The van der Waals surface area contributed by atoms with Crippen molar-refractivity contribution < 1.29 is 37.9 Å². The Morgan fingerprint density at radius 3 is 2.30 bits per heavy atom. The van der Waals surface area contributed by atoms with E-state index in [0.717, 1.165) is 0 Å². The molecule has 0 saturated carbocycles. The zero-order chi connectivity index (χ0) is 31.3. The Morgan fingerprint density at radius 2 is 1.65 bits per heavy atom. The van der Waals surface area contributed by atoms with Crippen LogP contribution >= 0.6 is 0 Å². The van der Waals surface area contributed by atoms with E-state index in [1.54, 1.807) is 58.0 Å². The Hall–Kier alpha value is -4.74. The van der Waals surface area contributed by atoms with Crippen LogP contribution in [-0.4, -0.2) is 71.3 Å². The number of likely N-dealkylation sites (tertiary alicyclic amines) is 1. The first-order chi connectivity index (χ1) is 20.5. The lowest BCUT2D eigenvalue weighted by atomic mass is 9.98. The fourth-order valence-corrected chi connectivity index (χ4v) is 4.94. The number of amides is 3. The molecule has 0 unspecified atom stereocenters. The Labute approximate surface area is 249 Å². The van der Waals surface area contributed by atoms with Crippen LogP contribution in [0.4, 0.5) is 4.79 Å². The molecule has 0 radical (unpaired) electrons. The second-order valence-electron chi connectivity index (χ2n) is 11.0. The van der Waals surface area contributed by atoms with E-state index in [1.165, 1.54) is 30.2 Å². The van der Waals surface area contributed by atoms with Crippen LogP contribution in [0.5, 0.6) is 5.75 Å². The SMILES string of the molecule is COC(=O)c1ccc2oc(C(=O)[C@@H](NC(=O)[C@@H]3CCCN3C(=O)[C@@H](NC(=O)Oc3ccccc3)C(C)C)C(C)C)nc2c1. The number of Topliss-reactive ketones (excluding diaryl/α,β-unsaturated/α-hetero) is 1. The lowest BCUT2D eigenvalue weighted by Gasteiger charge is -2.31. The molecule has 3 atom stereocenters. The molecule has 0 aliphatic carbocycles. The third kappa shape index (κ3) is 7.19. The maximum absolute atomic E-state index is 13.6. The zero-order valence-electron chi connectivity index (χ0n) is 24.8. The lowest BCUT2D eigenvalue weighted by molar-refractivity contribution is -0.141. The Bertz CT molecular complexity index is 1500. The van der Waals surface area contributed by atoms with Crippen LogP contribution in [0.2, 0.25) is 0 Å². The van der Waals surface area contributed by atoms with Crippen LogP contribution in [0.15, 0.2) is 52.9 Å². The molecule has 2 aromatic carbocycles. The minimum absolute atomic E-state index is 0.212. The number of ether oxygens (including phenoxy) is 2. The van der Waals surface area contributed by atoms with E-state index < -0.39 is 47.8 Å². The number of aromatic nitrogens is 1. The highest BCUT2D eigenvalue weighted by Gasteiger charge is 2.40. The Balaban J connectivity index is 1.47. The summed E-state index contributed by atoms with van der Waals surface area (Å²) in [6.45, 7) is 7.45. The fraction of sp³-hybridized carbons (Fsp3) is 0.419. The lowest BCUT2D eigenvalue weighted by Crippen LogP contribution is -2.57. The third-order valence-electron chi connectivity index (χ3n) is 7.26. The average Bonchev–Trinajstić information content (AvgIpc) is 3.65. The summed E-state index contributed by atoms with van der Waals surface area (Å²) in [4.78, 5) is 70.7. The Kier molecular flexibility index (Phi) is 9.79. The highest BCUT2D eigenvalue weighted by atomic mass is 16.6. The van der Waals surface area contributed by atoms with E-state index >= 15 is 0 Å². The number of hydrogen-bond acceptors (Lipinski definition) is 9. The molecule has 0 bridgehead atoms. The second kappa shape index (κ2) is 13.5. The quantitative estimate of drug-likeness (QED) is 0.264. The van der Waals surface area contributed by atoms with Crippen LogP contribution in [0.3, 0.4) is 0 Å². The molecule has 1 saturated heterocycles. The third-order valence-corrected chi connectivity index (χ3v) is 7.26. The van der Waals surface area contributed by atoms with Gasteiger partial charge in [0.1, 0.15) is 23.3 Å². The maximum Gasteiger partial charge on any atom is 0.413 e. The van der Waals surface area contributed by atoms with Gasteiger partial charge in [0.15, 0.2) is 5.58 Å². The first kappa shape index (κ1) is 31.2. The number of nitrogens with zero attached hydrogens (tertiary/aromatic N) is 2. The monoisotopic (exact) mass is 592 g/mol. The highest BCUT2D eigenvalue weighted by Crippen LogP contribution is 2.23. The number of benzene rings is 2. The number of carbonyl (C=O) groups excluding carboxylic acids is 5. The standard InChI is InChI=1S/C31H36N4O8/c1-17(2)24(26(36)28-32-21-16-19(30(39)41-5)13-14-23(21)43-28)33-27(37)22-12-9-15-35(22)29(38)25(18(3)4)34-31(40)42-20-10-7-6-8-11-20/h6-8,10-11,13-14,16-18,22,24-25H,9,12,15H2,1-5H3,(H,33,37)(H,34,40)/t22-,24-,25-/m0/s1. The average molecular weight is 593 g/mol. The molecule has 1 fully saturated rings. The normalized spacial score (nSPS) is 16.2. The maximum atomic E-state index is 13.6. The summed E-state index contributed by atoms with van der Waals surface area (Å²) in [6.07, 6.45) is 0.201. The van der Waals surface area contributed by atoms with Gasteiger partial charge in [-0.2, -0.15) is 0 Å². The van der Waals surface area contributed by atoms with Gasteiger partial charge in [-0.1, -0.05) is 45.9 Å². The van der Waals surface area contributed by atoms with Crippen molar-refractivity contribution in [3.05, 3.63) is 60.0 Å². The molecule has 2 N–H and O–H groups in total. The van der Waals surface area contributed by atoms with Crippen molar-refractivity contribution in [2.75, 3.05) is 13.7 Å². The summed E-state index contributed by atoms with van der Waals surface area (Å²) in [7, 11) is 1.26. The predicted octanol–water partition coefficient (Wildman–Crippen LogP) is 3.74. The molecule has 12 heteroatoms. The molecule has 2 heterocycles. The summed E-state index contributed by atoms with van der Waals surface area (Å²) in [5.41, 5.74) is 0.852. The number of esters is 1. The number of rotatable bonds is 10. The van der Waals surface area contributed by atoms with E-state index in [0.29, 0.717) is 36.2 Å². The Morgan fingerprint density at radius 1 is 0.953 bits per heavy atom. The van der Waals surface area contributed by atoms with Gasteiger partial charge in [-0.05, 0) is 55.0 Å². The number of nitrogens with one attached hydrogen (secondary N) is 2. The van der Waals surface area contributed by atoms with Gasteiger partial charge in [-0.25, -0.2) is 14.6 Å². The van der Waals surface area contributed by atoms with Crippen molar-refractivity contribution in [2.24, 2.45) is 11.8 Å². The molecule has 1 aliphatic heterocycles. The molecule has 4 rings (SSSR count). The summed E-state index contributed by atoms with van der Waals surface area (Å²) in [6, 6.07) is 10.2. The van der Waals surface area contributed by atoms with Crippen LogP contribution < -0.4 is 15.4 Å². The number of ketones is 1. The largest absolute Gasteiger partial charge is 0.465 e. The van der Waals surface area contributed by atoms with Gasteiger partial charge < -0.3 is 29.4 Å². The predicted molar refractivity (Wildman–Crippen MR) is 155 cm³/mol. The van der Waals surface area contributed by atoms with Gasteiger partial charge in [0.05, 0.1) is 18.7 Å². The van der Waals surface area contributed by atoms with Crippen LogP contribution in [0.1, 0.15) is 61.6 Å². The van der Waals surface area contributed by atoms with Crippen molar-refractivity contribution >= 4 is 40.8 Å². The van der Waals surface area contributed by atoms with Crippen LogP contribution in [0.25, 0.3) is 11.1 Å². The summed E-state index contributed by atoms with van der Waals surface area (Å²) >= 11 is 0. The van der Waals surface area contributed by atoms with Crippen LogP contribution in [-0.2, 0) is 14.3 Å². The van der Waals surface area contributed by atoms with E-state index in [4.69, 9.17) is 13.9 Å². The number of fused-ring (bicyclic) bond motifs is 1. The van der Waals surface area contributed by atoms with Gasteiger partial charge in [0, 0.05) is 6.54 Å². The molecule has 0 spiro atoms. The van der Waals surface area contributed by atoms with Gasteiger partial charge >= 0.3 is 12.1 Å². The zero-order valence-corrected chi connectivity index (χ0v) is 24.8. The highest BCUT2D eigenvalue weighted by molar-refractivity contribution is 6.02. The summed E-state index contributed by atoms with van der Waals surface area (Å²) in [5.74, 6) is -2.49. The number of oxazole rings is 1. The first-order valence-corrected chi connectivity index (χ1v) is 14.2. The molecule has 12 nitrogen and oxygen atoms in total. The van der Waals surface area contributed by atoms with Gasteiger partial charge in [-0.3, -0.25) is 14.4 Å². The van der Waals surface area contributed by atoms with Gasteiger partial charge in [-0.15, -0.1) is 0 Å². The molecule has 43 heavy (non-hydrogen) atoms. The first-order valence-electron chi connectivity index (χ1n) is 14.2. The van der Waals surface area contributed by atoms with Crippen molar-refractivity contribution in [3.63, 3.8) is 0 Å². The van der Waals surface area contributed by atoms with Gasteiger partial charge in [0.2, 0.25) is 17.6 Å². The molecule has 3 amide bonds. The second-order valence-corrected chi connectivity index (χ2v) is 11.0. The van der Waals surface area contributed by atoms with E-state index in [9.17, 15) is 24.0 Å². The molecule has 1 aliphatic rings. The minimum atomic E-state index is -0.988. The molecule has 3 aromatic rings. The van der Waals surface area contributed by atoms with Crippen molar-refractivity contribution in [1.29, 1.82) is 0 Å². The number of para-hydroxylation sites is 1. The van der Waals surface area contributed by atoms with Crippen LogP contribution in [0, 0.1) is 11.8 Å². The van der Waals surface area contributed by atoms with Crippen molar-refractivity contribution in [2.45, 2.75) is 58.7 Å². The van der Waals surface area contributed by atoms with E-state index in [2.05, 4.69) is 15.6 Å². The molecular formula is C31H36N4O8. The molecule has 1 aromatic heterocycles. The number of hydrogen-bond donors (Lipinski definition) is 2.